The third-order valence-corrected chi connectivity index (χ3v) is 4.94. The first kappa shape index (κ1) is 23.1. The normalized spacial score (nSPS) is 15.2. The van der Waals surface area contributed by atoms with Crippen LogP contribution in [-0.4, -0.2) is 29.5 Å². The number of ether oxygens (including phenoxy) is 3. The minimum Gasteiger partial charge on any atom is -0.484 e. The molecule has 0 saturated carbocycles. The summed E-state index contributed by atoms with van der Waals surface area (Å²) in [5, 5.41) is 20.2. The molecule has 1 atom stereocenters. The number of nitriles is 1. The largest absolute Gasteiger partial charge is 0.484 e. The fourth-order valence-corrected chi connectivity index (χ4v) is 3.59. The van der Waals surface area contributed by atoms with Gasteiger partial charge in [-0.3, -0.25) is 5.32 Å². The Kier molecular flexibility index (Phi) is 6.68. The van der Waals surface area contributed by atoms with E-state index in [4.69, 9.17) is 19.6 Å². The van der Waals surface area contributed by atoms with E-state index in [0.717, 1.165) is 30.5 Å². The van der Waals surface area contributed by atoms with Crippen LogP contribution in [0, 0.1) is 16.7 Å². The van der Waals surface area contributed by atoms with Gasteiger partial charge in [-0.1, -0.05) is 0 Å². The number of rotatable bonds is 5. The molecule has 0 saturated heterocycles. The second-order valence-corrected chi connectivity index (χ2v) is 8.66. The molecule has 2 aromatic rings. The van der Waals surface area contributed by atoms with Gasteiger partial charge in [-0.25, -0.2) is 9.78 Å². The summed E-state index contributed by atoms with van der Waals surface area (Å²) in [4.78, 5) is 16.7. The van der Waals surface area contributed by atoms with E-state index in [-0.39, 0.29) is 17.7 Å². The van der Waals surface area contributed by atoms with Gasteiger partial charge in [0.25, 0.3) is 0 Å². The molecule has 1 amide bonds. The Balaban J connectivity index is 1.86. The number of anilines is 1. The van der Waals surface area contributed by atoms with Crippen LogP contribution in [0.1, 0.15) is 69.0 Å². The summed E-state index contributed by atoms with van der Waals surface area (Å²) in [6, 6.07) is 9.11. The Morgan fingerprint density at radius 1 is 1.31 bits per heavy atom. The van der Waals surface area contributed by atoms with Crippen molar-refractivity contribution in [3.05, 3.63) is 46.6 Å². The van der Waals surface area contributed by atoms with Crippen LogP contribution in [0.3, 0.4) is 0 Å². The molecule has 0 bridgehead atoms. The van der Waals surface area contributed by atoms with Crippen molar-refractivity contribution in [2.24, 2.45) is 0 Å². The number of aromatic nitrogens is 1. The zero-order chi connectivity index (χ0) is 23.5. The lowest BCUT2D eigenvalue weighted by atomic mass is 9.92. The molecule has 0 fully saturated rings. The molecule has 2 N–H and O–H groups in total. The van der Waals surface area contributed by atoms with Crippen LogP contribution in [0.25, 0.3) is 0 Å². The highest BCUT2D eigenvalue weighted by Crippen LogP contribution is 2.36. The Morgan fingerprint density at radius 3 is 2.69 bits per heavy atom. The second-order valence-electron chi connectivity index (χ2n) is 8.66. The number of fused-ring (bicyclic) bond motifs is 1. The summed E-state index contributed by atoms with van der Waals surface area (Å²) in [5.74, 6) is 0.846. The topological polar surface area (TPSA) is 117 Å². The van der Waals surface area contributed by atoms with Crippen molar-refractivity contribution in [3.63, 3.8) is 0 Å². The van der Waals surface area contributed by atoms with Crippen molar-refractivity contribution < 1.29 is 19.0 Å². The number of aryl methyl sites for hydroxylation is 1. The number of nitrogens with one attached hydrogen (secondary N) is 2. The monoisotopic (exact) mass is 436 g/mol. The molecule has 32 heavy (non-hydrogen) atoms. The summed E-state index contributed by atoms with van der Waals surface area (Å²) in [6.07, 6.45) is 1.62. The van der Waals surface area contributed by atoms with Gasteiger partial charge in [-0.15, -0.1) is 0 Å². The van der Waals surface area contributed by atoms with Gasteiger partial charge in [0.2, 0.25) is 5.88 Å². The zero-order valence-corrected chi connectivity index (χ0v) is 19.0. The lowest BCUT2D eigenvalue weighted by molar-refractivity contribution is 0.0636. The van der Waals surface area contributed by atoms with Crippen molar-refractivity contribution in [1.29, 1.82) is 10.7 Å². The van der Waals surface area contributed by atoms with Crippen molar-refractivity contribution in [2.45, 2.75) is 58.7 Å². The zero-order valence-electron chi connectivity index (χ0n) is 19.0. The quantitative estimate of drug-likeness (QED) is 0.626. The molecule has 0 radical (unpaired) electrons. The predicted molar refractivity (Wildman–Crippen MR) is 121 cm³/mol. The molecular formula is C24H28N4O4. The van der Waals surface area contributed by atoms with Gasteiger partial charge in [-0.05, 0) is 76.8 Å². The maximum atomic E-state index is 12.2. The minimum atomic E-state index is -0.624. The number of hydrogen-bond donors (Lipinski definition) is 2. The van der Waals surface area contributed by atoms with Crippen LogP contribution >= 0.6 is 0 Å². The van der Waals surface area contributed by atoms with Crippen LogP contribution in [0.15, 0.2) is 24.3 Å². The number of amides is 1. The third-order valence-electron chi connectivity index (χ3n) is 4.94. The summed E-state index contributed by atoms with van der Waals surface area (Å²) < 4.78 is 16.8. The van der Waals surface area contributed by atoms with Gasteiger partial charge < -0.3 is 19.6 Å². The second kappa shape index (κ2) is 9.27. The summed E-state index contributed by atoms with van der Waals surface area (Å²) in [5.41, 5.74) is 2.81. The van der Waals surface area contributed by atoms with Crippen LogP contribution in [0.4, 0.5) is 10.5 Å². The Morgan fingerprint density at radius 2 is 2.06 bits per heavy atom. The molecule has 1 heterocycles. The van der Waals surface area contributed by atoms with E-state index in [1.54, 1.807) is 45.9 Å². The summed E-state index contributed by atoms with van der Waals surface area (Å²) in [7, 11) is 1.49. The van der Waals surface area contributed by atoms with Crippen LogP contribution in [0.2, 0.25) is 0 Å². The molecule has 1 aromatic heterocycles. The number of carbonyl (C=O) groups excluding carboxylic acids is 1. The average molecular weight is 437 g/mol. The SMILES string of the molecule is COc1nc2c(cc1C#N)CCCC2Oc1ccc(NC(=O)OC(C)(C)C)c(C(C)=N)c1. The molecule has 3 rings (SSSR count). The number of carbonyl (C=O) groups is 1. The Labute approximate surface area is 188 Å². The van der Waals surface area contributed by atoms with E-state index in [1.165, 1.54) is 7.11 Å². The highest BCUT2D eigenvalue weighted by Gasteiger charge is 2.26. The van der Waals surface area contributed by atoms with Crippen molar-refractivity contribution in [1.82, 2.24) is 4.98 Å². The molecule has 168 valence electrons. The minimum absolute atomic E-state index is 0.281. The molecule has 0 aliphatic heterocycles. The first-order valence-corrected chi connectivity index (χ1v) is 10.5. The van der Waals surface area contributed by atoms with Gasteiger partial charge in [0.1, 0.15) is 29.1 Å². The summed E-state index contributed by atoms with van der Waals surface area (Å²) >= 11 is 0. The van der Waals surface area contributed by atoms with Crippen molar-refractivity contribution in [2.75, 3.05) is 12.4 Å². The van der Waals surface area contributed by atoms with Gasteiger partial charge in [0.05, 0.1) is 18.5 Å². The van der Waals surface area contributed by atoms with Gasteiger partial charge in [0.15, 0.2) is 0 Å². The van der Waals surface area contributed by atoms with Gasteiger partial charge in [0, 0.05) is 11.3 Å². The van der Waals surface area contributed by atoms with E-state index in [2.05, 4.69) is 16.4 Å². The first-order chi connectivity index (χ1) is 15.1. The van der Waals surface area contributed by atoms with E-state index >= 15 is 0 Å². The van der Waals surface area contributed by atoms with Crippen LogP contribution in [-0.2, 0) is 11.2 Å². The average Bonchev–Trinajstić information content (AvgIpc) is 2.72. The number of methoxy groups -OCH3 is 1. The lowest BCUT2D eigenvalue weighted by Crippen LogP contribution is -2.27. The molecule has 1 aromatic carbocycles. The maximum absolute atomic E-state index is 12.2. The first-order valence-electron chi connectivity index (χ1n) is 10.5. The Bertz CT molecular complexity index is 1080. The summed E-state index contributed by atoms with van der Waals surface area (Å²) in [6.45, 7) is 7.01. The van der Waals surface area contributed by atoms with Gasteiger partial charge >= 0.3 is 6.09 Å². The third kappa shape index (κ3) is 5.35. The molecular weight excluding hydrogens is 408 g/mol. The number of benzene rings is 1. The van der Waals surface area contributed by atoms with Crippen LogP contribution in [0.5, 0.6) is 11.6 Å². The molecule has 8 nitrogen and oxygen atoms in total. The van der Waals surface area contributed by atoms with Gasteiger partial charge in [-0.2, -0.15) is 5.26 Å². The predicted octanol–water partition coefficient (Wildman–Crippen LogP) is 5.15. The fourth-order valence-electron chi connectivity index (χ4n) is 3.59. The number of nitrogens with zero attached hydrogens (tertiary/aromatic N) is 2. The van der Waals surface area contributed by atoms with Crippen LogP contribution < -0.4 is 14.8 Å². The fraction of sp³-hybridized carbons (Fsp3) is 0.417. The Hall–Kier alpha value is -3.60. The van der Waals surface area contributed by atoms with E-state index in [9.17, 15) is 10.1 Å². The maximum Gasteiger partial charge on any atom is 0.412 e. The van der Waals surface area contributed by atoms with Crippen molar-refractivity contribution >= 4 is 17.5 Å². The number of pyridine rings is 1. The van der Waals surface area contributed by atoms with E-state index in [1.807, 2.05) is 6.07 Å². The molecule has 0 spiro atoms. The van der Waals surface area contributed by atoms with E-state index < -0.39 is 11.7 Å². The molecule has 1 aliphatic carbocycles. The smallest absolute Gasteiger partial charge is 0.412 e. The van der Waals surface area contributed by atoms with E-state index in [0.29, 0.717) is 22.6 Å². The number of hydrogen-bond acceptors (Lipinski definition) is 7. The standard InChI is InChI=1S/C24H28N4O4/c1-14(26)18-12-17(9-10-19(18)27-23(29)32-24(2,3)4)31-20-8-6-7-15-11-16(13-25)22(30-5)28-21(15)20/h9-12,20,26H,6-8H2,1-5H3,(H,27,29). The highest BCUT2D eigenvalue weighted by atomic mass is 16.6. The highest BCUT2D eigenvalue weighted by molar-refractivity contribution is 6.04. The molecule has 8 heteroatoms. The molecule has 1 aliphatic rings. The lowest BCUT2D eigenvalue weighted by Gasteiger charge is -2.26. The van der Waals surface area contributed by atoms with Crippen molar-refractivity contribution in [3.8, 4) is 17.7 Å². The molecule has 1 unspecified atom stereocenters.